The molecule has 0 aromatic heterocycles. The number of cyclic esters (lactones) is 1. The van der Waals surface area contributed by atoms with Gasteiger partial charge in [0.1, 0.15) is 11.9 Å². The molecule has 1 saturated heterocycles. The van der Waals surface area contributed by atoms with E-state index >= 15 is 0 Å². The lowest BCUT2D eigenvalue weighted by Gasteiger charge is -2.14. The molecule has 0 aliphatic carbocycles. The number of phenolic OH excluding ortho intramolecular Hbond substituents is 1. The highest BCUT2D eigenvalue weighted by Crippen LogP contribution is 2.34. The summed E-state index contributed by atoms with van der Waals surface area (Å²) in [6.07, 6.45) is -0.733. The number of ether oxygens (including phenoxy) is 1. The minimum Gasteiger partial charge on any atom is -0.506 e. The summed E-state index contributed by atoms with van der Waals surface area (Å²) in [5, 5.41) is 9.80. The zero-order chi connectivity index (χ0) is 13.2. The van der Waals surface area contributed by atoms with Crippen LogP contribution in [-0.4, -0.2) is 17.7 Å². The van der Waals surface area contributed by atoms with E-state index < -0.39 is 6.09 Å². The molecule has 4 heteroatoms. The van der Waals surface area contributed by atoms with Crippen molar-refractivity contribution in [1.29, 1.82) is 0 Å². The van der Waals surface area contributed by atoms with Crippen molar-refractivity contribution in [3.63, 3.8) is 0 Å². The molecule has 96 valence electrons. The van der Waals surface area contributed by atoms with Crippen molar-refractivity contribution in [1.82, 2.24) is 0 Å². The maximum absolute atomic E-state index is 11.9. The van der Waals surface area contributed by atoms with Gasteiger partial charge in [-0.15, -0.1) is 0 Å². The largest absolute Gasteiger partial charge is 0.506 e. The fourth-order valence-electron chi connectivity index (χ4n) is 2.19. The normalized spacial score (nSPS) is 18.4. The molecule has 0 spiro atoms. The SMILES string of the molecule is O=C1OC(c2ccccc2)CN1c1ccccc1O. The van der Waals surface area contributed by atoms with E-state index in [1.165, 1.54) is 4.90 Å². The summed E-state index contributed by atoms with van der Waals surface area (Å²) in [4.78, 5) is 13.4. The van der Waals surface area contributed by atoms with Crippen molar-refractivity contribution in [2.75, 3.05) is 11.4 Å². The highest BCUT2D eigenvalue weighted by atomic mass is 16.6. The molecule has 2 aromatic rings. The van der Waals surface area contributed by atoms with Gasteiger partial charge in [0.2, 0.25) is 0 Å². The Morgan fingerprint density at radius 2 is 1.74 bits per heavy atom. The van der Waals surface area contributed by atoms with Gasteiger partial charge in [-0.05, 0) is 17.7 Å². The van der Waals surface area contributed by atoms with Crippen LogP contribution in [0.25, 0.3) is 0 Å². The van der Waals surface area contributed by atoms with Gasteiger partial charge in [0.05, 0.1) is 12.2 Å². The Kier molecular flexibility index (Phi) is 2.83. The number of phenols is 1. The first-order chi connectivity index (χ1) is 9.25. The van der Waals surface area contributed by atoms with Gasteiger partial charge in [0.15, 0.2) is 0 Å². The Morgan fingerprint density at radius 3 is 2.47 bits per heavy atom. The molecule has 0 saturated carbocycles. The predicted octanol–water partition coefficient (Wildman–Crippen LogP) is 3.09. The fraction of sp³-hybridized carbons (Fsp3) is 0.133. The van der Waals surface area contributed by atoms with Crippen molar-refractivity contribution < 1.29 is 14.6 Å². The molecule has 1 aliphatic rings. The number of carbonyl (C=O) groups excluding carboxylic acids is 1. The van der Waals surface area contributed by atoms with Crippen molar-refractivity contribution >= 4 is 11.8 Å². The minimum atomic E-state index is -0.435. The zero-order valence-corrected chi connectivity index (χ0v) is 10.2. The topological polar surface area (TPSA) is 49.8 Å². The van der Waals surface area contributed by atoms with Crippen LogP contribution in [0.2, 0.25) is 0 Å². The molecule has 1 aliphatic heterocycles. The molecule has 0 bridgehead atoms. The lowest BCUT2D eigenvalue weighted by atomic mass is 10.1. The molecule has 1 heterocycles. The average molecular weight is 255 g/mol. The lowest BCUT2D eigenvalue weighted by Crippen LogP contribution is -2.23. The molecule has 0 radical (unpaired) electrons. The Hall–Kier alpha value is -2.49. The van der Waals surface area contributed by atoms with E-state index in [1.807, 2.05) is 30.3 Å². The first-order valence-electron chi connectivity index (χ1n) is 6.07. The van der Waals surface area contributed by atoms with Crippen molar-refractivity contribution in [2.24, 2.45) is 0 Å². The van der Waals surface area contributed by atoms with Gasteiger partial charge in [-0.2, -0.15) is 0 Å². The predicted molar refractivity (Wildman–Crippen MR) is 71.1 cm³/mol. The molecule has 1 N–H and O–H groups in total. The zero-order valence-electron chi connectivity index (χ0n) is 10.2. The molecule has 1 fully saturated rings. The number of aromatic hydroxyl groups is 1. The summed E-state index contributed by atoms with van der Waals surface area (Å²) < 4.78 is 5.35. The van der Waals surface area contributed by atoms with Crippen molar-refractivity contribution in [3.05, 3.63) is 60.2 Å². The third-order valence-electron chi connectivity index (χ3n) is 3.16. The number of benzene rings is 2. The molecule has 1 unspecified atom stereocenters. The number of hydrogen-bond donors (Lipinski definition) is 1. The maximum atomic E-state index is 11.9. The lowest BCUT2D eigenvalue weighted by molar-refractivity contribution is 0.142. The molecule has 2 aromatic carbocycles. The Morgan fingerprint density at radius 1 is 1.05 bits per heavy atom. The molecule has 1 atom stereocenters. The number of hydrogen-bond acceptors (Lipinski definition) is 3. The van der Waals surface area contributed by atoms with Gasteiger partial charge in [-0.25, -0.2) is 4.79 Å². The average Bonchev–Trinajstić information content (AvgIpc) is 2.82. The van der Waals surface area contributed by atoms with Crippen molar-refractivity contribution in [2.45, 2.75) is 6.10 Å². The number of rotatable bonds is 2. The molecule has 19 heavy (non-hydrogen) atoms. The van der Waals surface area contributed by atoms with Crippen LogP contribution < -0.4 is 4.90 Å². The molecular formula is C15H13NO3. The number of nitrogens with zero attached hydrogens (tertiary/aromatic N) is 1. The van der Waals surface area contributed by atoms with E-state index in [2.05, 4.69) is 0 Å². The fourth-order valence-corrected chi connectivity index (χ4v) is 2.19. The number of amides is 1. The Balaban J connectivity index is 1.87. The van der Waals surface area contributed by atoms with Gasteiger partial charge >= 0.3 is 6.09 Å². The van der Waals surface area contributed by atoms with E-state index in [4.69, 9.17) is 4.74 Å². The molecule has 3 rings (SSSR count). The van der Waals surface area contributed by atoms with Gasteiger partial charge < -0.3 is 9.84 Å². The van der Waals surface area contributed by atoms with Crippen LogP contribution >= 0.6 is 0 Å². The van der Waals surface area contributed by atoms with E-state index in [-0.39, 0.29) is 11.9 Å². The van der Waals surface area contributed by atoms with Crippen LogP contribution in [0, 0.1) is 0 Å². The number of para-hydroxylation sites is 2. The summed E-state index contributed by atoms with van der Waals surface area (Å²) in [5.41, 5.74) is 1.43. The first-order valence-corrected chi connectivity index (χ1v) is 6.07. The quantitative estimate of drug-likeness (QED) is 0.897. The van der Waals surface area contributed by atoms with E-state index in [0.29, 0.717) is 12.2 Å². The number of anilines is 1. The summed E-state index contributed by atoms with van der Waals surface area (Å²) in [5.74, 6) is 0.0770. The second-order valence-corrected chi connectivity index (χ2v) is 4.38. The van der Waals surface area contributed by atoms with Gasteiger partial charge in [-0.3, -0.25) is 4.90 Å². The first kappa shape index (κ1) is 11.6. The van der Waals surface area contributed by atoms with E-state index in [1.54, 1.807) is 24.3 Å². The van der Waals surface area contributed by atoms with Crippen LogP contribution in [0.4, 0.5) is 10.5 Å². The Bertz CT molecular complexity index is 597. The molecule has 4 nitrogen and oxygen atoms in total. The minimum absolute atomic E-state index is 0.0770. The standard InChI is InChI=1S/C15H13NO3/c17-13-9-5-4-8-12(13)16-10-14(19-15(16)18)11-6-2-1-3-7-11/h1-9,14,17H,10H2. The monoisotopic (exact) mass is 255 g/mol. The Labute approximate surface area is 110 Å². The smallest absolute Gasteiger partial charge is 0.415 e. The summed E-state index contributed by atoms with van der Waals surface area (Å²) in [6, 6.07) is 16.3. The summed E-state index contributed by atoms with van der Waals surface area (Å²) in [7, 11) is 0. The highest BCUT2D eigenvalue weighted by molar-refractivity contribution is 5.91. The van der Waals surface area contributed by atoms with Crippen LogP contribution in [0.5, 0.6) is 5.75 Å². The maximum Gasteiger partial charge on any atom is 0.415 e. The third kappa shape index (κ3) is 2.12. The van der Waals surface area contributed by atoms with Crippen molar-refractivity contribution in [3.8, 4) is 5.75 Å². The second kappa shape index (κ2) is 4.65. The molecule has 1 amide bonds. The highest BCUT2D eigenvalue weighted by Gasteiger charge is 2.34. The van der Waals surface area contributed by atoms with Gasteiger partial charge in [0.25, 0.3) is 0 Å². The van der Waals surface area contributed by atoms with Gasteiger partial charge in [-0.1, -0.05) is 42.5 Å². The number of carbonyl (C=O) groups is 1. The van der Waals surface area contributed by atoms with Crippen LogP contribution in [0.1, 0.15) is 11.7 Å². The van der Waals surface area contributed by atoms with Crippen LogP contribution in [0.3, 0.4) is 0 Å². The van der Waals surface area contributed by atoms with Crippen LogP contribution in [0.15, 0.2) is 54.6 Å². The van der Waals surface area contributed by atoms with E-state index in [9.17, 15) is 9.90 Å². The van der Waals surface area contributed by atoms with E-state index in [0.717, 1.165) is 5.56 Å². The molecular weight excluding hydrogens is 242 g/mol. The van der Waals surface area contributed by atoms with Gasteiger partial charge in [0, 0.05) is 0 Å². The third-order valence-corrected chi connectivity index (χ3v) is 3.16. The summed E-state index contributed by atoms with van der Waals surface area (Å²) in [6.45, 7) is 0.403. The van der Waals surface area contributed by atoms with Crippen LogP contribution in [-0.2, 0) is 4.74 Å². The summed E-state index contributed by atoms with van der Waals surface area (Å²) >= 11 is 0. The second-order valence-electron chi connectivity index (χ2n) is 4.38.